The molecular formula is C12H24OSi3. The lowest BCUT2D eigenvalue weighted by molar-refractivity contribution is 0.578. The fourth-order valence-corrected chi connectivity index (χ4v) is 17.8. The molecule has 0 N–H and O–H groups in total. The lowest BCUT2D eigenvalue weighted by Crippen LogP contribution is -2.62. The number of hydrogen-bond acceptors (Lipinski definition) is 1. The summed E-state index contributed by atoms with van der Waals surface area (Å²) in [6, 6.07) is 10.9. The summed E-state index contributed by atoms with van der Waals surface area (Å²) in [6.45, 7) is 14.2. The second-order valence-corrected chi connectivity index (χ2v) is 22.8. The van der Waals surface area contributed by atoms with E-state index in [0.29, 0.717) is 0 Å². The summed E-state index contributed by atoms with van der Waals surface area (Å²) in [4.78, 5) is 0. The first-order valence-corrected chi connectivity index (χ1v) is 15.9. The van der Waals surface area contributed by atoms with Crippen molar-refractivity contribution in [1.29, 1.82) is 0 Å². The van der Waals surface area contributed by atoms with Crippen molar-refractivity contribution in [2.45, 2.75) is 39.3 Å². The summed E-state index contributed by atoms with van der Waals surface area (Å²) >= 11 is 0. The van der Waals surface area contributed by atoms with Crippen LogP contribution in [0.25, 0.3) is 0 Å². The van der Waals surface area contributed by atoms with Crippen LogP contribution in [0.4, 0.5) is 0 Å². The van der Waals surface area contributed by atoms with E-state index >= 15 is 0 Å². The third kappa shape index (κ3) is 3.41. The minimum Gasteiger partial charge on any atom is -0.455 e. The molecular weight excluding hydrogens is 244 g/mol. The summed E-state index contributed by atoms with van der Waals surface area (Å²) in [5.41, 5.74) is 0. The summed E-state index contributed by atoms with van der Waals surface area (Å²) in [6.07, 6.45) is 0. The van der Waals surface area contributed by atoms with Crippen LogP contribution in [0.15, 0.2) is 30.3 Å². The molecule has 0 radical (unpaired) electrons. The van der Waals surface area contributed by atoms with Gasteiger partial charge >= 0.3 is 0 Å². The Kier molecular flexibility index (Phi) is 4.34. The molecule has 1 unspecified atom stereocenters. The van der Waals surface area contributed by atoms with Gasteiger partial charge in [-0.2, -0.15) is 0 Å². The molecule has 0 aliphatic heterocycles. The van der Waals surface area contributed by atoms with Crippen LogP contribution >= 0.6 is 0 Å². The van der Waals surface area contributed by atoms with Crippen molar-refractivity contribution >= 4 is 29.7 Å². The fraction of sp³-hybridized carbons (Fsp3) is 0.500. The van der Waals surface area contributed by atoms with Gasteiger partial charge in [0, 0.05) is 0 Å². The van der Waals surface area contributed by atoms with Gasteiger partial charge in [0.2, 0.25) is 0 Å². The predicted octanol–water partition coefficient (Wildman–Crippen LogP) is 2.89. The quantitative estimate of drug-likeness (QED) is 0.763. The first kappa shape index (κ1) is 13.9. The van der Waals surface area contributed by atoms with Gasteiger partial charge in [-0.15, -0.1) is 0 Å². The van der Waals surface area contributed by atoms with Crippen LogP contribution in [0, 0.1) is 0 Å². The molecule has 0 heterocycles. The fourth-order valence-electron chi connectivity index (χ4n) is 1.92. The van der Waals surface area contributed by atoms with Crippen molar-refractivity contribution in [2.24, 2.45) is 0 Å². The lowest BCUT2D eigenvalue weighted by atomic mass is 10.4. The van der Waals surface area contributed by atoms with E-state index < -0.39 is 24.5 Å². The molecule has 4 heteroatoms. The van der Waals surface area contributed by atoms with E-state index in [1.54, 1.807) is 0 Å². The Morgan fingerprint density at radius 3 is 1.81 bits per heavy atom. The average Bonchev–Trinajstić information content (AvgIpc) is 2.16. The van der Waals surface area contributed by atoms with Crippen LogP contribution in [0.5, 0.6) is 0 Å². The standard InChI is InChI=1S/C12H24OSi3/c1-14(2)16(6,13-15(3,4)5)12-10-8-7-9-11-12/h7-11,14H,1-6H3. The SMILES string of the molecule is C[SiH](C)[Si](C)(O[Si](C)(C)C)c1ccccc1. The van der Waals surface area contributed by atoms with Gasteiger partial charge in [0.1, 0.15) is 0 Å². The highest BCUT2D eigenvalue weighted by Gasteiger charge is 2.39. The van der Waals surface area contributed by atoms with E-state index in [9.17, 15) is 0 Å². The topological polar surface area (TPSA) is 9.23 Å². The third-order valence-electron chi connectivity index (χ3n) is 2.97. The first-order chi connectivity index (χ1) is 7.26. The molecule has 0 saturated carbocycles. The van der Waals surface area contributed by atoms with E-state index in [4.69, 9.17) is 4.12 Å². The Balaban J connectivity index is 3.08. The zero-order valence-electron chi connectivity index (χ0n) is 11.4. The summed E-state index contributed by atoms with van der Waals surface area (Å²) in [5.74, 6) is 0. The van der Waals surface area contributed by atoms with Crippen LogP contribution in [-0.4, -0.2) is 24.5 Å². The Morgan fingerprint density at radius 1 is 0.938 bits per heavy atom. The van der Waals surface area contributed by atoms with Crippen LogP contribution in [0.3, 0.4) is 0 Å². The first-order valence-electron chi connectivity index (χ1n) is 6.01. The number of hydrogen-bond donors (Lipinski definition) is 0. The van der Waals surface area contributed by atoms with Crippen molar-refractivity contribution in [3.8, 4) is 0 Å². The molecule has 0 spiro atoms. The maximum Gasteiger partial charge on any atom is 0.190 e. The Bertz CT molecular complexity index is 332. The predicted molar refractivity (Wildman–Crippen MR) is 81.0 cm³/mol. The van der Waals surface area contributed by atoms with Crippen molar-refractivity contribution in [3.05, 3.63) is 30.3 Å². The van der Waals surface area contributed by atoms with Crippen LogP contribution in [0.2, 0.25) is 39.3 Å². The zero-order chi connectivity index (χ0) is 12.4. The van der Waals surface area contributed by atoms with Gasteiger partial charge in [-0.25, -0.2) is 0 Å². The minimum absolute atomic E-state index is 0.776. The van der Waals surface area contributed by atoms with Crippen molar-refractivity contribution in [3.63, 3.8) is 0 Å². The molecule has 0 aliphatic carbocycles. The van der Waals surface area contributed by atoms with Gasteiger partial charge < -0.3 is 4.12 Å². The largest absolute Gasteiger partial charge is 0.455 e. The van der Waals surface area contributed by atoms with Gasteiger partial charge in [-0.3, -0.25) is 0 Å². The van der Waals surface area contributed by atoms with Gasteiger partial charge in [-0.05, 0) is 31.4 Å². The Morgan fingerprint density at radius 2 is 1.44 bits per heavy atom. The Labute approximate surface area is 104 Å². The van der Waals surface area contributed by atoms with Crippen molar-refractivity contribution in [2.75, 3.05) is 0 Å². The highest BCUT2D eigenvalue weighted by atomic mass is 29.2. The molecule has 1 atom stereocenters. The van der Waals surface area contributed by atoms with Crippen molar-refractivity contribution in [1.82, 2.24) is 0 Å². The molecule has 0 bridgehead atoms. The molecule has 1 nitrogen and oxygen atoms in total. The molecule has 0 aromatic heterocycles. The minimum atomic E-state index is -1.64. The van der Waals surface area contributed by atoms with E-state index in [0.717, 1.165) is 0 Å². The zero-order valence-corrected chi connectivity index (χ0v) is 14.5. The molecule has 16 heavy (non-hydrogen) atoms. The summed E-state index contributed by atoms with van der Waals surface area (Å²) in [7, 11) is -3.85. The Hall–Kier alpha value is -0.169. The molecule has 0 aliphatic rings. The highest BCUT2D eigenvalue weighted by molar-refractivity contribution is 7.36. The molecule has 90 valence electrons. The molecule has 1 aromatic carbocycles. The second kappa shape index (κ2) is 5.00. The van der Waals surface area contributed by atoms with Crippen LogP contribution in [-0.2, 0) is 4.12 Å². The maximum absolute atomic E-state index is 6.61. The highest BCUT2D eigenvalue weighted by Crippen LogP contribution is 2.17. The van der Waals surface area contributed by atoms with Crippen molar-refractivity contribution < 1.29 is 4.12 Å². The van der Waals surface area contributed by atoms with E-state index in [1.165, 1.54) is 5.19 Å². The molecule has 0 amide bonds. The van der Waals surface area contributed by atoms with Crippen LogP contribution < -0.4 is 5.19 Å². The van der Waals surface area contributed by atoms with Gasteiger partial charge in [0.25, 0.3) is 0 Å². The molecule has 0 fully saturated rings. The van der Waals surface area contributed by atoms with Gasteiger partial charge in [0.15, 0.2) is 16.2 Å². The van der Waals surface area contributed by atoms with E-state index in [2.05, 4.69) is 69.6 Å². The normalized spacial score (nSPS) is 16.2. The van der Waals surface area contributed by atoms with Gasteiger partial charge in [-0.1, -0.05) is 43.4 Å². The third-order valence-corrected chi connectivity index (χ3v) is 19.5. The lowest BCUT2D eigenvalue weighted by Gasteiger charge is -2.37. The second-order valence-electron chi connectivity index (χ2n) is 5.84. The van der Waals surface area contributed by atoms with E-state index in [-0.39, 0.29) is 0 Å². The smallest absolute Gasteiger partial charge is 0.190 e. The number of benzene rings is 1. The number of rotatable bonds is 4. The van der Waals surface area contributed by atoms with E-state index in [1.807, 2.05) is 0 Å². The monoisotopic (exact) mass is 268 g/mol. The average molecular weight is 269 g/mol. The molecule has 1 aromatic rings. The molecule has 0 saturated heterocycles. The maximum atomic E-state index is 6.61. The molecule has 1 rings (SSSR count). The van der Waals surface area contributed by atoms with Crippen LogP contribution in [0.1, 0.15) is 0 Å². The summed E-state index contributed by atoms with van der Waals surface area (Å²) < 4.78 is 6.61. The summed E-state index contributed by atoms with van der Waals surface area (Å²) in [5, 5.41) is 1.49. The van der Waals surface area contributed by atoms with Gasteiger partial charge in [0.05, 0.1) is 8.31 Å².